The Morgan fingerprint density at radius 2 is 2.07 bits per heavy atom. The van der Waals surface area contributed by atoms with Crippen molar-refractivity contribution >= 4 is 22.8 Å². The van der Waals surface area contributed by atoms with Crippen LogP contribution in [0.3, 0.4) is 0 Å². The van der Waals surface area contributed by atoms with Crippen molar-refractivity contribution in [2.75, 3.05) is 0 Å². The van der Waals surface area contributed by atoms with E-state index in [9.17, 15) is 4.79 Å². The van der Waals surface area contributed by atoms with E-state index in [0.29, 0.717) is 17.5 Å². The zero-order valence-electron chi connectivity index (χ0n) is 16.3. The van der Waals surface area contributed by atoms with Gasteiger partial charge in [-0.05, 0) is 51.2 Å². The molecule has 0 saturated heterocycles. The van der Waals surface area contributed by atoms with E-state index >= 15 is 0 Å². The van der Waals surface area contributed by atoms with E-state index in [-0.39, 0.29) is 11.9 Å². The first kappa shape index (κ1) is 18.2. The molecule has 0 radical (unpaired) electrons. The average Bonchev–Trinajstić information content (AvgIpc) is 3.31. The minimum absolute atomic E-state index is 0.0836. The predicted molar refractivity (Wildman–Crippen MR) is 108 cm³/mol. The largest absolute Gasteiger partial charge is 0.341 e. The summed E-state index contributed by atoms with van der Waals surface area (Å²) < 4.78 is 2.07. The lowest BCUT2D eigenvalue weighted by atomic mass is 10.0. The number of carbonyl (C=O) groups excluding carboxylic acids is 1. The van der Waals surface area contributed by atoms with Gasteiger partial charge >= 0.3 is 0 Å². The molecule has 0 aromatic carbocycles. The number of thiazole rings is 1. The van der Waals surface area contributed by atoms with E-state index < -0.39 is 0 Å². The van der Waals surface area contributed by atoms with E-state index in [1.54, 1.807) is 11.3 Å². The summed E-state index contributed by atoms with van der Waals surface area (Å²) in [6, 6.07) is 5.84. The molecule has 142 valence electrons. The summed E-state index contributed by atoms with van der Waals surface area (Å²) in [6.07, 6.45) is 5.18. The van der Waals surface area contributed by atoms with Gasteiger partial charge in [0, 0.05) is 17.0 Å². The molecule has 4 rings (SSSR count). The predicted octanol–water partition coefficient (Wildman–Crippen LogP) is 4.80. The minimum atomic E-state index is -0.109. The SMILES string of the molecule is Cc1nc(C(CC(C)C)NC(=O)c2nc(C3CC3)n3ccccc23)sc1C. The molecule has 0 bridgehead atoms. The summed E-state index contributed by atoms with van der Waals surface area (Å²) in [7, 11) is 0. The molecule has 27 heavy (non-hydrogen) atoms. The van der Waals surface area contributed by atoms with E-state index in [2.05, 4.69) is 30.5 Å². The van der Waals surface area contributed by atoms with E-state index in [1.165, 1.54) is 4.88 Å². The number of aryl methyl sites for hydroxylation is 2. The van der Waals surface area contributed by atoms with Crippen molar-refractivity contribution in [1.82, 2.24) is 19.7 Å². The molecule has 3 aromatic heterocycles. The number of fused-ring (bicyclic) bond motifs is 1. The number of nitrogens with one attached hydrogen (secondary N) is 1. The van der Waals surface area contributed by atoms with Gasteiger partial charge in [0.25, 0.3) is 5.91 Å². The summed E-state index contributed by atoms with van der Waals surface area (Å²) in [5.41, 5.74) is 2.45. The van der Waals surface area contributed by atoms with Crippen molar-refractivity contribution in [2.45, 2.75) is 58.9 Å². The Kier molecular flexibility index (Phi) is 4.76. The van der Waals surface area contributed by atoms with Gasteiger partial charge < -0.3 is 9.72 Å². The van der Waals surface area contributed by atoms with Gasteiger partial charge in [0.15, 0.2) is 5.69 Å². The van der Waals surface area contributed by atoms with Gasteiger partial charge in [-0.3, -0.25) is 4.79 Å². The first-order valence-electron chi connectivity index (χ1n) is 9.65. The lowest BCUT2D eigenvalue weighted by Crippen LogP contribution is -2.30. The van der Waals surface area contributed by atoms with Gasteiger partial charge in [0.1, 0.15) is 10.8 Å². The standard InChI is InChI=1S/C21H26N4OS/c1-12(2)11-16(21-22-13(3)14(4)27-21)23-20(26)18-17-7-5-6-10-25(17)19(24-18)15-8-9-15/h5-7,10,12,15-16H,8-9,11H2,1-4H3,(H,23,26). The number of imidazole rings is 1. The third-order valence-electron chi connectivity index (χ3n) is 5.09. The molecule has 1 N–H and O–H groups in total. The van der Waals surface area contributed by atoms with Gasteiger partial charge in [-0.1, -0.05) is 19.9 Å². The normalized spacial score (nSPS) is 15.4. The lowest BCUT2D eigenvalue weighted by Gasteiger charge is -2.18. The van der Waals surface area contributed by atoms with Crippen molar-refractivity contribution in [1.29, 1.82) is 0 Å². The molecule has 1 aliphatic carbocycles. The second-order valence-electron chi connectivity index (χ2n) is 7.90. The molecule has 1 atom stereocenters. The molecule has 1 aliphatic rings. The number of nitrogens with zero attached hydrogens (tertiary/aromatic N) is 3. The maximum Gasteiger partial charge on any atom is 0.272 e. The molecule has 6 heteroatoms. The van der Waals surface area contributed by atoms with Crippen LogP contribution in [0.15, 0.2) is 24.4 Å². The lowest BCUT2D eigenvalue weighted by molar-refractivity contribution is 0.0929. The van der Waals surface area contributed by atoms with Crippen LogP contribution in [0.1, 0.15) is 77.0 Å². The van der Waals surface area contributed by atoms with Crippen molar-refractivity contribution < 1.29 is 4.79 Å². The summed E-state index contributed by atoms with van der Waals surface area (Å²) in [5.74, 6) is 1.84. The van der Waals surface area contributed by atoms with Crippen molar-refractivity contribution in [2.24, 2.45) is 5.92 Å². The molecule has 5 nitrogen and oxygen atoms in total. The van der Waals surface area contributed by atoms with E-state index in [0.717, 1.165) is 41.3 Å². The third kappa shape index (κ3) is 3.63. The molecular formula is C21H26N4OS. The number of carbonyl (C=O) groups is 1. The first-order chi connectivity index (χ1) is 12.9. The molecule has 1 fully saturated rings. The van der Waals surface area contributed by atoms with Crippen molar-refractivity contribution in [3.63, 3.8) is 0 Å². The van der Waals surface area contributed by atoms with Crippen molar-refractivity contribution in [3.8, 4) is 0 Å². The summed E-state index contributed by atoms with van der Waals surface area (Å²) in [5, 5.41) is 4.20. The number of aromatic nitrogens is 3. The van der Waals surface area contributed by atoms with Crippen LogP contribution in [0, 0.1) is 19.8 Å². The molecular weight excluding hydrogens is 356 g/mol. The summed E-state index contributed by atoms with van der Waals surface area (Å²) >= 11 is 1.67. The van der Waals surface area contributed by atoms with E-state index in [4.69, 9.17) is 9.97 Å². The highest BCUT2D eigenvalue weighted by atomic mass is 32.1. The number of hydrogen-bond donors (Lipinski definition) is 1. The number of amides is 1. The molecule has 0 spiro atoms. The fourth-order valence-corrected chi connectivity index (χ4v) is 4.41. The van der Waals surface area contributed by atoms with Gasteiger partial charge in [-0.25, -0.2) is 9.97 Å². The molecule has 3 heterocycles. The smallest absolute Gasteiger partial charge is 0.272 e. The van der Waals surface area contributed by atoms with Crippen LogP contribution in [0.4, 0.5) is 0 Å². The average molecular weight is 383 g/mol. The van der Waals surface area contributed by atoms with Crippen LogP contribution in [-0.2, 0) is 0 Å². The Morgan fingerprint density at radius 3 is 2.70 bits per heavy atom. The molecule has 1 amide bonds. The Hall–Kier alpha value is -2.21. The monoisotopic (exact) mass is 382 g/mol. The number of rotatable bonds is 6. The summed E-state index contributed by atoms with van der Waals surface area (Å²) in [6.45, 7) is 8.44. The number of pyridine rings is 1. The van der Waals surface area contributed by atoms with Gasteiger partial charge in [0.2, 0.25) is 0 Å². The quantitative estimate of drug-likeness (QED) is 0.666. The zero-order valence-corrected chi connectivity index (χ0v) is 17.1. The Balaban J connectivity index is 1.66. The topological polar surface area (TPSA) is 59.3 Å². The highest BCUT2D eigenvalue weighted by Crippen LogP contribution is 2.40. The molecule has 1 unspecified atom stereocenters. The van der Waals surface area contributed by atoms with Gasteiger partial charge in [-0.15, -0.1) is 11.3 Å². The van der Waals surface area contributed by atoms with Crippen LogP contribution in [0.25, 0.3) is 5.52 Å². The van der Waals surface area contributed by atoms with Crippen LogP contribution < -0.4 is 5.32 Å². The van der Waals surface area contributed by atoms with Crippen molar-refractivity contribution in [3.05, 3.63) is 51.5 Å². The Bertz CT molecular complexity index is 964. The Labute approximate surface area is 163 Å². The van der Waals surface area contributed by atoms with Crippen LogP contribution in [0.5, 0.6) is 0 Å². The molecule has 0 aliphatic heterocycles. The first-order valence-corrected chi connectivity index (χ1v) is 10.5. The molecule has 1 saturated carbocycles. The maximum atomic E-state index is 13.2. The van der Waals surface area contributed by atoms with Crippen LogP contribution in [0.2, 0.25) is 0 Å². The van der Waals surface area contributed by atoms with Crippen LogP contribution in [-0.4, -0.2) is 20.3 Å². The Morgan fingerprint density at radius 1 is 1.30 bits per heavy atom. The summed E-state index contributed by atoms with van der Waals surface area (Å²) in [4.78, 5) is 23.8. The highest BCUT2D eigenvalue weighted by Gasteiger charge is 2.31. The molecule has 3 aromatic rings. The van der Waals surface area contributed by atoms with E-state index in [1.807, 2.05) is 31.3 Å². The minimum Gasteiger partial charge on any atom is -0.341 e. The second-order valence-corrected chi connectivity index (χ2v) is 9.13. The van der Waals surface area contributed by atoms with Crippen LogP contribution >= 0.6 is 11.3 Å². The maximum absolute atomic E-state index is 13.2. The number of hydrogen-bond acceptors (Lipinski definition) is 4. The van der Waals surface area contributed by atoms with Gasteiger partial charge in [0.05, 0.1) is 17.3 Å². The zero-order chi connectivity index (χ0) is 19.1. The fraction of sp³-hybridized carbons (Fsp3) is 0.476. The fourth-order valence-electron chi connectivity index (χ4n) is 3.42. The third-order valence-corrected chi connectivity index (χ3v) is 6.28. The van der Waals surface area contributed by atoms with Gasteiger partial charge in [-0.2, -0.15) is 0 Å². The highest BCUT2D eigenvalue weighted by molar-refractivity contribution is 7.11. The second kappa shape index (κ2) is 7.08.